The number of aliphatic hydroxyl groups excluding tert-OH is 1. The molecule has 0 aliphatic carbocycles. The zero-order chi connectivity index (χ0) is 49.1. The molecular formula is C61H64O11. The lowest BCUT2D eigenvalue weighted by atomic mass is 9.97. The summed E-state index contributed by atoms with van der Waals surface area (Å²) in [5.74, 6) is -1.88. The zero-order valence-corrected chi connectivity index (χ0v) is 40.4. The Hall–Kier alpha value is -5.90. The lowest BCUT2D eigenvalue weighted by Gasteiger charge is -2.48. The highest BCUT2D eigenvalue weighted by Gasteiger charge is 2.60. The van der Waals surface area contributed by atoms with Crippen LogP contribution in [0.1, 0.15) is 38.9 Å². The van der Waals surface area contributed by atoms with Crippen LogP contribution in [0.3, 0.4) is 0 Å². The Kier molecular flexibility index (Phi) is 18.9. The molecule has 9 rings (SSSR count). The van der Waals surface area contributed by atoms with Crippen molar-refractivity contribution in [3.05, 3.63) is 251 Å². The predicted molar refractivity (Wildman–Crippen MR) is 272 cm³/mol. The molecule has 11 heteroatoms. The maximum Gasteiger partial charge on any atom is 0.224 e. The molecule has 2 saturated heterocycles. The highest BCUT2D eigenvalue weighted by molar-refractivity contribution is 5.19. The number of hydrogen-bond donors (Lipinski definition) is 1. The van der Waals surface area contributed by atoms with E-state index >= 15 is 0 Å². The lowest BCUT2D eigenvalue weighted by Crippen LogP contribution is -2.64. The molecule has 1 unspecified atom stereocenters. The molecule has 2 fully saturated rings. The molecule has 0 spiro atoms. The molecule has 1 N–H and O–H groups in total. The van der Waals surface area contributed by atoms with Crippen LogP contribution in [0.15, 0.2) is 212 Å². The summed E-state index contributed by atoms with van der Waals surface area (Å²) < 4.78 is 68.4. The fraction of sp³-hybridized carbons (Fsp3) is 0.311. The molecule has 0 aromatic heterocycles. The number of rotatable bonds is 26. The second-order valence-corrected chi connectivity index (χ2v) is 18.1. The Morgan fingerprint density at radius 2 is 0.667 bits per heavy atom. The first kappa shape index (κ1) is 51.0. The molecule has 0 saturated carbocycles. The molecule has 7 aromatic carbocycles. The molecule has 0 radical (unpaired) electrons. The van der Waals surface area contributed by atoms with Gasteiger partial charge in [0.05, 0.1) is 59.5 Å². The molecule has 11 nitrogen and oxygen atoms in total. The fourth-order valence-corrected chi connectivity index (χ4v) is 8.98. The van der Waals surface area contributed by atoms with Crippen LogP contribution in [0, 0.1) is 0 Å². The molecule has 7 aromatic rings. The van der Waals surface area contributed by atoms with Crippen molar-refractivity contribution in [3.63, 3.8) is 0 Å². The molecule has 9 atom stereocenters. The SMILES string of the molecule is O[C@H]1[C@H](OCc2ccccc2)[C@@H](COCc2ccccc2)OC1(COCc1ccccc1)O[C@H]1O[C@H](COCc2ccccc2)[C@@H](OCc2ccccc2)[C@H](OCc2ccccc2)[C@H]1OCc1ccccc1. The van der Waals surface area contributed by atoms with Crippen molar-refractivity contribution in [2.24, 2.45) is 0 Å². The van der Waals surface area contributed by atoms with Crippen molar-refractivity contribution in [2.45, 2.75) is 101 Å². The zero-order valence-electron chi connectivity index (χ0n) is 40.4. The summed E-state index contributed by atoms with van der Waals surface area (Å²) in [5, 5.41) is 12.9. The van der Waals surface area contributed by atoms with Gasteiger partial charge in [-0.25, -0.2) is 0 Å². The van der Waals surface area contributed by atoms with Gasteiger partial charge in [-0.3, -0.25) is 0 Å². The number of benzene rings is 7. The van der Waals surface area contributed by atoms with E-state index in [-0.39, 0.29) is 52.9 Å². The fourth-order valence-electron chi connectivity index (χ4n) is 8.98. The van der Waals surface area contributed by atoms with Crippen LogP contribution >= 0.6 is 0 Å². The van der Waals surface area contributed by atoms with Gasteiger partial charge in [-0.1, -0.05) is 212 Å². The predicted octanol–water partition coefficient (Wildman–Crippen LogP) is 10.2. The van der Waals surface area contributed by atoms with Crippen molar-refractivity contribution < 1.29 is 52.5 Å². The minimum Gasteiger partial charge on any atom is -0.385 e. The lowest BCUT2D eigenvalue weighted by molar-refractivity contribution is -0.396. The first-order chi connectivity index (χ1) is 35.6. The van der Waals surface area contributed by atoms with E-state index < -0.39 is 54.8 Å². The van der Waals surface area contributed by atoms with Crippen molar-refractivity contribution in [2.75, 3.05) is 19.8 Å². The molecular weight excluding hydrogens is 909 g/mol. The molecule has 72 heavy (non-hydrogen) atoms. The maximum atomic E-state index is 12.9. The molecule has 2 aliphatic heterocycles. The quantitative estimate of drug-likeness (QED) is 0.0560. The van der Waals surface area contributed by atoms with Gasteiger partial charge in [0, 0.05) is 0 Å². The third-order valence-corrected chi connectivity index (χ3v) is 12.7. The van der Waals surface area contributed by atoms with Crippen LogP contribution in [0.25, 0.3) is 0 Å². The second kappa shape index (κ2) is 26.7. The van der Waals surface area contributed by atoms with Gasteiger partial charge in [0.1, 0.15) is 49.3 Å². The summed E-state index contributed by atoms with van der Waals surface area (Å²) in [4.78, 5) is 0. The Bertz CT molecular complexity index is 2560. The third kappa shape index (κ3) is 14.4. The number of hydrogen-bond acceptors (Lipinski definition) is 11. The van der Waals surface area contributed by atoms with E-state index in [9.17, 15) is 5.11 Å². The van der Waals surface area contributed by atoms with Crippen LogP contribution in [0.2, 0.25) is 0 Å². The number of aliphatic hydroxyl groups is 1. The van der Waals surface area contributed by atoms with E-state index in [1.165, 1.54) is 0 Å². The first-order valence-electron chi connectivity index (χ1n) is 24.7. The van der Waals surface area contributed by atoms with E-state index in [4.69, 9.17) is 47.4 Å². The summed E-state index contributed by atoms with van der Waals surface area (Å²) in [6.45, 7) is 1.68. The maximum absolute atomic E-state index is 12.9. The summed E-state index contributed by atoms with van der Waals surface area (Å²) in [6.07, 6.45) is -7.66. The van der Waals surface area contributed by atoms with Crippen LogP contribution in [-0.4, -0.2) is 79.7 Å². The Balaban J connectivity index is 1.09. The van der Waals surface area contributed by atoms with Crippen LogP contribution in [0.5, 0.6) is 0 Å². The van der Waals surface area contributed by atoms with Crippen molar-refractivity contribution >= 4 is 0 Å². The standard InChI is InChI=1S/C61H64O11/c62-59-56(67-40-50-30-16-5-17-31-50)54(44-64-37-47-24-10-2-11-25-47)71-61(59,45-65-38-48-26-12-3-13-27-48)72-60-58(69-42-52-34-20-7-21-35-52)57(68-41-51-32-18-6-19-33-51)55(66-39-49-28-14-4-15-29-49)53(70-60)43-63-36-46-22-8-1-9-23-46/h1-35,53-60,62H,36-45H2/t53-,54-,55-,56-,57+,58-,59+,60-,61?/m1/s1. The third-order valence-electron chi connectivity index (χ3n) is 12.7. The largest absolute Gasteiger partial charge is 0.385 e. The van der Waals surface area contributed by atoms with Gasteiger partial charge >= 0.3 is 0 Å². The molecule has 2 heterocycles. The molecule has 374 valence electrons. The first-order valence-corrected chi connectivity index (χ1v) is 24.7. The Morgan fingerprint density at radius 1 is 0.347 bits per heavy atom. The van der Waals surface area contributed by atoms with Gasteiger partial charge in [0.2, 0.25) is 5.79 Å². The highest BCUT2D eigenvalue weighted by Crippen LogP contribution is 2.41. The summed E-state index contributed by atoms with van der Waals surface area (Å²) in [6, 6.07) is 69.4. The van der Waals surface area contributed by atoms with Crippen molar-refractivity contribution in [1.82, 2.24) is 0 Å². The number of ether oxygens (including phenoxy) is 10. The normalized spacial score (nSPS) is 24.0. The van der Waals surface area contributed by atoms with Gasteiger partial charge in [-0.2, -0.15) is 0 Å². The van der Waals surface area contributed by atoms with Gasteiger partial charge in [-0.15, -0.1) is 0 Å². The molecule has 0 bridgehead atoms. The van der Waals surface area contributed by atoms with Gasteiger partial charge in [0.15, 0.2) is 6.29 Å². The average Bonchev–Trinajstić information content (AvgIpc) is 3.69. The highest BCUT2D eigenvalue weighted by atomic mass is 16.8. The van der Waals surface area contributed by atoms with Crippen LogP contribution < -0.4 is 0 Å². The van der Waals surface area contributed by atoms with E-state index in [0.29, 0.717) is 13.2 Å². The van der Waals surface area contributed by atoms with Gasteiger partial charge in [-0.05, 0) is 38.9 Å². The average molecular weight is 973 g/mol. The summed E-state index contributed by atoms with van der Waals surface area (Å²) in [5.41, 5.74) is 6.71. The smallest absolute Gasteiger partial charge is 0.224 e. The monoisotopic (exact) mass is 972 g/mol. The Morgan fingerprint density at radius 3 is 1.07 bits per heavy atom. The minimum atomic E-state index is -1.88. The molecule has 0 amide bonds. The topological polar surface area (TPSA) is 113 Å². The second-order valence-electron chi connectivity index (χ2n) is 18.1. The van der Waals surface area contributed by atoms with Crippen LogP contribution in [0.4, 0.5) is 0 Å². The summed E-state index contributed by atoms with van der Waals surface area (Å²) >= 11 is 0. The van der Waals surface area contributed by atoms with Crippen LogP contribution in [-0.2, 0) is 93.6 Å². The van der Waals surface area contributed by atoms with Crippen molar-refractivity contribution in [3.8, 4) is 0 Å². The summed E-state index contributed by atoms with van der Waals surface area (Å²) in [7, 11) is 0. The van der Waals surface area contributed by atoms with Crippen molar-refractivity contribution in [1.29, 1.82) is 0 Å². The van der Waals surface area contributed by atoms with E-state index in [1.807, 2.05) is 212 Å². The van der Waals surface area contributed by atoms with E-state index in [1.54, 1.807) is 0 Å². The molecule has 2 aliphatic rings. The van der Waals surface area contributed by atoms with Gasteiger partial charge in [0.25, 0.3) is 0 Å². The van der Waals surface area contributed by atoms with Gasteiger partial charge < -0.3 is 52.5 Å². The van der Waals surface area contributed by atoms with E-state index in [2.05, 4.69) is 0 Å². The minimum absolute atomic E-state index is 0.0723. The van der Waals surface area contributed by atoms with E-state index in [0.717, 1.165) is 38.9 Å². The Labute approximate surface area is 423 Å².